The number of carbonyl (C=O) groups is 1. The largest absolute Gasteiger partial charge is 0.428 e. The van der Waals surface area contributed by atoms with Gasteiger partial charge in [0.2, 0.25) is 0 Å². The van der Waals surface area contributed by atoms with E-state index in [1.807, 2.05) is 18.2 Å². The Bertz CT molecular complexity index is 1240. The predicted octanol–water partition coefficient (Wildman–Crippen LogP) is 5.37. The lowest BCUT2D eigenvalue weighted by Gasteiger charge is -2.06. The lowest BCUT2D eigenvalue weighted by Crippen LogP contribution is -2.34. The average Bonchev–Trinajstić information content (AvgIpc) is 3.12. The van der Waals surface area contributed by atoms with Gasteiger partial charge in [-0.3, -0.25) is 0 Å². The van der Waals surface area contributed by atoms with Gasteiger partial charge in [-0.2, -0.15) is 4.57 Å². The van der Waals surface area contributed by atoms with Gasteiger partial charge in [-0.1, -0.05) is 61.0 Å². The number of aromatic nitrogens is 1. The van der Waals surface area contributed by atoms with Crippen LogP contribution in [0.5, 0.6) is 0 Å². The molecule has 0 atom stereocenters. The van der Waals surface area contributed by atoms with Crippen LogP contribution in [0, 0.1) is 5.82 Å². The smallest absolute Gasteiger partial charge is 0.407 e. The van der Waals surface area contributed by atoms with Gasteiger partial charge in [-0.05, 0) is 48.6 Å². The van der Waals surface area contributed by atoms with Crippen molar-refractivity contribution >= 4 is 17.1 Å². The van der Waals surface area contributed by atoms with Crippen molar-refractivity contribution < 1.29 is 13.6 Å². The molecule has 0 aliphatic rings. The molecule has 158 valence electrons. The van der Waals surface area contributed by atoms with E-state index in [0.717, 1.165) is 30.3 Å². The van der Waals surface area contributed by atoms with Crippen LogP contribution >= 0.6 is 0 Å². The average molecular weight is 418 g/mol. The third kappa shape index (κ3) is 4.74. The minimum Gasteiger partial charge on any atom is -0.407 e. The number of hydrogen-bond acceptors (Lipinski definition) is 3. The zero-order valence-electron chi connectivity index (χ0n) is 17.0. The highest BCUT2D eigenvalue weighted by Crippen LogP contribution is 2.26. The molecule has 6 heteroatoms. The molecular formula is C25H23FN2O3. The van der Waals surface area contributed by atoms with E-state index in [1.54, 1.807) is 36.4 Å². The van der Waals surface area contributed by atoms with Crippen LogP contribution in [0.25, 0.3) is 22.2 Å². The molecule has 3 aromatic carbocycles. The first-order valence-electron chi connectivity index (χ1n) is 10.4. The van der Waals surface area contributed by atoms with Gasteiger partial charge in [0, 0.05) is 12.1 Å². The molecule has 0 saturated carbocycles. The molecule has 1 heterocycles. The second kappa shape index (κ2) is 9.43. The minimum absolute atomic E-state index is 0.240. The van der Waals surface area contributed by atoms with E-state index >= 15 is 0 Å². The summed E-state index contributed by atoms with van der Waals surface area (Å²) in [6.07, 6.45) is 3.83. The Morgan fingerprint density at radius 2 is 1.71 bits per heavy atom. The Morgan fingerprint density at radius 1 is 0.935 bits per heavy atom. The van der Waals surface area contributed by atoms with Crippen molar-refractivity contribution in [1.82, 2.24) is 9.88 Å². The molecule has 0 saturated heterocycles. The van der Waals surface area contributed by atoms with E-state index in [2.05, 4.69) is 17.4 Å². The number of rotatable bonds is 7. The lowest BCUT2D eigenvalue weighted by molar-refractivity contribution is 0.241. The highest BCUT2D eigenvalue weighted by atomic mass is 19.1. The molecule has 0 aliphatic carbocycles. The van der Waals surface area contributed by atoms with Crippen LogP contribution < -0.4 is 11.1 Å². The Kier molecular flexibility index (Phi) is 6.26. The summed E-state index contributed by atoms with van der Waals surface area (Å²) in [5.74, 6) is -1.13. The summed E-state index contributed by atoms with van der Waals surface area (Å²) in [5.41, 5.74) is 2.87. The van der Waals surface area contributed by atoms with Crippen molar-refractivity contribution in [1.29, 1.82) is 0 Å². The van der Waals surface area contributed by atoms with Gasteiger partial charge in [0.05, 0.1) is 5.52 Å². The molecule has 5 nitrogen and oxygen atoms in total. The fourth-order valence-corrected chi connectivity index (χ4v) is 3.62. The zero-order chi connectivity index (χ0) is 21.6. The van der Waals surface area contributed by atoms with E-state index < -0.39 is 11.8 Å². The van der Waals surface area contributed by atoms with Gasteiger partial charge in [-0.25, -0.2) is 14.0 Å². The Balaban J connectivity index is 1.37. The second-order valence-corrected chi connectivity index (χ2v) is 7.39. The fourth-order valence-electron chi connectivity index (χ4n) is 3.62. The number of hydrogen-bond donors (Lipinski definition) is 1. The summed E-state index contributed by atoms with van der Waals surface area (Å²) < 4.78 is 20.3. The van der Waals surface area contributed by atoms with Crippen molar-refractivity contribution in [3.63, 3.8) is 0 Å². The predicted molar refractivity (Wildman–Crippen MR) is 119 cm³/mol. The van der Waals surface area contributed by atoms with E-state index in [0.29, 0.717) is 23.2 Å². The first kappa shape index (κ1) is 20.6. The van der Waals surface area contributed by atoms with Crippen LogP contribution in [0.4, 0.5) is 9.18 Å². The Morgan fingerprint density at radius 3 is 2.52 bits per heavy atom. The van der Waals surface area contributed by atoms with Crippen molar-refractivity contribution in [2.75, 3.05) is 6.54 Å². The highest BCUT2D eigenvalue weighted by molar-refractivity contribution is 5.90. The quantitative estimate of drug-likeness (QED) is 0.410. The van der Waals surface area contributed by atoms with E-state index in [4.69, 9.17) is 4.42 Å². The van der Waals surface area contributed by atoms with E-state index in [9.17, 15) is 14.0 Å². The Labute approximate surface area is 179 Å². The maximum Gasteiger partial charge on any atom is 0.428 e. The summed E-state index contributed by atoms with van der Waals surface area (Å²) in [6.45, 7) is 0.472. The molecule has 0 bridgehead atoms. The Hall–Kier alpha value is -3.67. The number of unbranched alkanes of at least 4 members (excludes halogenated alkanes) is 2. The first-order chi connectivity index (χ1) is 15.1. The van der Waals surface area contributed by atoms with Gasteiger partial charge in [0.25, 0.3) is 0 Å². The number of aryl methyl sites for hydroxylation is 1. The topological polar surface area (TPSA) is 64.2 Å². The van der Waals surface area contributed by atoms with Crippen LogP contribution in [-0.2, 0) is 6.42 Å². The van der Waals surface area contributed by atoms with Gasteiger partial charge >= 0.3 is 11.8 Å². The zero-order valence-corrected chi connectivity index (χ0v) is 17.0. The maximum absolute atomic E-state index is 14.1. The van der Waals surface area contributed by atoms with Crippen LogP contribution in [0.15, 0.2) is 82.0 Å². The van der Waals surface area contributed by atoms with Crippen LogP contribution in [0.2, 0.25) is 0 Å². The standard InChI is InChI=1S/C25H23FN2O3/c26-21-13-7-6-12-20(21)19-14-15-22-23(17-19)31-25(30)28(22)24(29)27-16-8-2-5-11-18-9-3-1-4-10-18/h1,3-4,6-7,9-10,12-15,17H,2,5,8,11,16H2,(H,27,29). The molecule has 0 spiro atoms. The van der Waals surface area contributed by atoms with Gasteiger partial charge in [0.1, 0.15) is 5.82 Å². The van der Waals surface area contributed by atoms with E-state index in [-0.39, 0.29) is 11.4 Å². The number of benzene rings is 3. The van der Waals surface area contributed by atoms with Crippen molar-refractivity contribution in [3.8, 4) is 11.1 Å². The molecule has 0 aliphatic heterocycles. The molecule has 0 unspecified atom stereocenters. The molecule has 4 aromatic rings. The first-order valence-corrected chi connectivity index (χ1v) is 10.4. The van der Waals surface area contributed by atoms with Crippen molar-refractivity contribution in [2.24, 2.45) is 0 Å². The van der Waals surface area contributed by atoms with Crippen LogP contribution in [0.3, 0.4) is 0 Å². The monoisotopic (exact) mass is 418 g/mol. The van der Waals surface area contributed by atoms with Gasteiger partial charge in [0.15, 0.2) is 5.58 Å². The molecule has 0 fully saturated rings. The molecule has 1 aromatic heterocycles. The van der Waals surface area contributed by atoms with Crippen LogP contribution in [-0.4, -0.2) is 17.1 Å². The molecule has 4 rings (SSSR count). The number of carbonyl (C=O) groups excluding carboxylic acids is 1. The fraction of sp³-hybridized carbons (Fsp3) is 0.200. The highest BCUT2D eigenvalue weighted by Gasteiger charge is 2.17. The third-order valence-corrected chi connectivity index (χ3v) is 5.23. The second-order valence-electron chi connectivity index (χ2n) is 7.39. The van der Waals surface area contributed by atoms with Crippen LogP contribution in [0.1, 0.15) is 24.8 Å². The summed E-state index contributed by atoms with van der Waals surface area (Å²) in [6, 6.07) is 21.0. The molecule has 1 N–H and O–H groups in total. The lowest BCUT2D eigenvalue weighted by atomic mass is 10.0. The molecule has 31 heavy (non-hydrogen) atoms. The molecule has 0 radical (unpaired) electrons. The molecule has 1 amide bonds. The SMILES string of the molecule is O=C(NCCCCCc1ccccc1)n1c(=O)oc2cc(-c3ccccc3F)ccc21. The number of oxazole rings is 1. The number of halogens is 1. The van der Waals surface area contributed by atoms with Gasteiger partial charge in [-0.15, -0.1) is 0 Å². The minimum atomic E-state index is -0.762. The summed E-state index contributed by atoms with van der Waals surface area (Å²) in [5, 5.41) is 2.78. The number of fused-ring (bicyclic) bond motifs is 1. The summed E-state index contributed by atoms with van der Waals surface area (Å²) in [4.78, 5) is 24.8. The van der Waals surface area contributed by atoms with Gasteiger partial charge < -0.3 is 9.73 Å². The van der Waals surface area contributed by atoms with Crippen molar-refractivity contribution in [3.05, 3.63) is 94.7 Å². The van der Waals surface area contributed by atoms with Crippen molar-refractivity contribution in [2.45, 2.75) is 25.7 Å². The number of nitrogens with zero attached hydrogens (tertiary/aromatic N) is 1. The summed E-state index contributed by atoms with van der Waals surface area (Å²) >= 11 is 0. The third-order valence-electron chi connectivity index (χ3n) is 5.23. The maximum atomic E-state index is 14.1. The number of amides is 1. The van der Waals surface area contributed by atoms with E-state index in [1.165, 1.54) is 11.6 Å². The normalized spacial score (nSPS) is 11.0. The molecular weight excluding hydrogens is 395 g/mol. The number of nitrogens with one attached hydrogen (secondary N) is 1. The summed E-state index contributed by atoms with van der Waals surface area (Å²) in [7, 11) is 0.